The summed E-state index contributed by atoms with van der Waals surface area (Å²) in [6.45, 7) is 0. The van der Waals surface area contributed by atoms with Crippen LogP contribution in [0.25, 0.3) is 11.5 Å². The molecule has 1 saturated carbocycles. The molecule has 1 fully saturated rings. The van der Waals surface area contributed by atoms with E-state index >= 15 is 0 Å². The fraction of sp³-hybridized carbons (Fsp3) is 1.00. The molecular weight excluding hydrogens is 366 g/mol. The van der Waals surface area contributed by atoms with E-state index in [1.165, 1.54) is 12.8 Å². The van der Waals surface area contributed by atoms with Crippen molar-refractivity contribution in [2.24, 2.45) is 0 Å². The van der Waals surface area contributed by atoms with Crippen LogP contribution in [0.15, 0.2) is 0 Å². The quantitative estimate of drug-likeness (QED) is 0.616. The standard InChI is InChI=1S/C6H12N2.2ClH.Pt/c7-5-3-1-2-4-6(5)8;;;/h5-8H,1-4H2;2*1H;/q-2;;;+2/p-2/t5-,6-;;;/m1.../s1. The second kappa shape index (κ2) is 7.82. The van der Waals surface area contributed by atoms with Gasteiger partial charge in [0.15, 0.2) is 0 Å². The fourth-order valence-electron chi connectivity index (χ4n) is 1.13. The van der Waals surface area contributed by atoms with Crippen LogP contribution in [0.2, 0.25) is 0 Å². The Bertz CT molecular complexity index is 84.7. The maximum absolute atomic E-state index is 7.29. The molecule has 5 heteroatoms. The zero-order chi connectivity index (χ0) is 8.69. The summed E-state index contributed by atoms with van der Waals surface area (Å²) in [4.78, 5) is 0. The summed E-state index contributed by atoms with van der Waals surface area (Å²) >= 11 is -0.472. The van der Waals surface area contributed by atoms with E-state index in [0.29, 0.717) is 0 Å². The predicted octanol–water partition coefficient (Wildman–Crippen LogP) is 3.78. The molecule has 0 saturated heterocycles. The molecular formula is C6H12Cl2N2Pt-2. The summed E-state index contributed by atoms with van der Waals surface area (Å²) in [5, 5.41) is 0. The van der Waals surface area contributed by atoms with Crippen molar-refractivity contribution in [1.29, 1.82) is 0 Å². The first kappa shape index (κ1) is 12.2. The molecule has 11 heavy (non-hydrogen) atoms. The van der Waals surface area contributed by atoms with Gasteiger partial charge in [-0.2, -0.15) is 12.1 Å². The number of halogens is 2. The summed E-state index contributed by atoms with van der Waals surface area (Å²) in [5.74, 6) is 0. The maximum Gasteiger partial charge on any atom is -0.0548 e. The molecule has 0 heterocycles. The number of rotatable bonds is 0. The first-order valence-corrected chi connectivity index (χ1v) is 9.10. The maximum atomic E-state index is 7.29. The average molecular weight is 378 g/mol. The van der Waals surface area contributed by atoms with Gasteiger partial charge >= 0.3 is 35.3 Å². The zero-order valence-electron chi connectivity index (χ0n) is 6.06. The Morgan fingerprint density at radius 1 is 1.00 bits per heavy atom. The molecule has 0 radical (unpaired) electrons. The Morgan fingerprint density at radius 2 is 1.27 bits per heavy atom. The van der Waals surface area contributed by atoms with Crippen LogP contribution < -0.4 is 0 Å². The van der Waals surface area contributed by atoms with E-state index in [1.807, 2.05) is 0 Å². The Morgan fingerprint density at radius 3 is 1.45 bits per heavy atom. The summed E-state index contributed by atoms with van der Waals surface area (Å²) in [7, 11) is 9.75. The van der Waals surface area contributed by atoms with Gasteiger partial charge < -0.3 is 11.5 Å². The third-order valence-electron chi connectivity index (χ3n) is 1.77. The van der Waals surface area contributed by atoms with Gasteiger partial charge in [-0.3, -0.25) is 0 Å². The minimum absolute atomic E-state index is 0.0799. The molecule has 0 aromatic carbocycles. The molecule has 2 N–H and O–H groups in total. The predicted molar refractivity (Wildman–Crippen MR) is 46.4 cm³/mol. The van der Waals surface area contributed by atoms with Gasteiger partial charge in [-0.15, -0.1) is 0 Å². The largest absolute Gasteiger partial charge is 0.676 e. The van der Waals surface area contributed by atoms with Crippen LogP contribution in [0.3, 0.4) is 0 Å². The molecule has 0 amide bonds. The SMILES string of the molecule is [Cl][Pt][Cl].[NH-][C@@H]1CCCC[C@H]1[NH-]. The second-order valence-corrected chi connectivity index (χ2v) is 5.83. The van der Waals surface area contributed by atoms with E-state index < -0.39 is 16.5 Å². The normalized spacial score (nSPS) is 30.9. The van der Waals surface area contributed by atoms with Gasteiger partial charge in [0.2, 0.25) is 0 Å². The van der Waals surface area contributed by atoms with Crippen molar-refractivity contribution >= 4 is 18.8 Å². The zero-order valence-corrected chi connectivity index (χ0v) is 9.84. The molecule has 1 aliphatic rings. The first-order chi connectivity index (χ1) is 5.22. The van der Waals surface area contributed by atoms with Gasteiger partial charge in [0.25, 0.3) is 0 Å². The Balaban J connectivity index is 0.000000292. The van der Waals surface area contributed by atoms with Crippen molar-refractivity contribution in [1.82, 2.24) is 0 Å². The van der Waals surface area contributed by atoms with Crippen LogP contribution in [-0.2, 0) is 16.5 Å². The second-order valence-electron chi connectivity index (χ2n) is 2.54. The van der Waals surface area contributed by atoms with Gasteiger partial charge in [0.05, 0.1) is 0 Å². The third-order valence-corrected chi connectivity index (χ3v) is 1.77. The molecule has 72 valence electrons. The van der Waals surface area contributed by atoms with Crippen molar-refractivity contribution in [2.45, 2.75) is 37.8 Å². The van der Waals surface area contributed by atoms with E-state index in [2.05, 4.69) is 0 Å². The summed E-state index contributed by atoms with van der Waals surface area (Å²) < 4.78 is 0. The van der Waals surface area contributed by atoms with E-state index in [9.17, 15) is 0 Å². The van der Waals surface area contributed by atoms with Crippen molar-refractivity contribution in [3.05, 3.63) is 11.5 Å². The van der Waals surface area contributed by atoms with Crippen molar-refractivity contribution < 1.29 is 16.5 Å². The summed E-state index contributed by atoms with van der Waals surface area (Å²) in [5.41, 5.74) is 14.6. The summed E-state index contributed by atoms with van der Waals surface area (Å²) in [6, 6.07) is -0.160. The minimum Gasteiger partial charge on any atom is -0.676 e. The molecule has 2 atom stereocenters. The van der Waals surface area contributed by atoms with Gasteiger partial charge in [0.1, 0.15) is 0 Å². The van der Waals surface area contributed by atoms with Crippen LogP contribution in [0.5, 0.6) is 0 Å². The van der Waals surface area contributed by atoms with Crippen LogP contribution in [0.1, 0.15) is 25.7 Å². The van der Waals surface area contributed by atoms with Crippen LogP contribution in [0.4, 0.5) is 0 Å². The van der Waals surface area contributed by atoms with E-state index in [1.54, 1.807) is 0 Å². The molecule has 0 aliphatic heterocycles. The monoisotopic (exact) mass is 377 g/mol. The number of nitrogens with one attached hydrogen (secondary N) is 2. The molecule has 0 aromatic heterocycles. The van der Waals surface area contributed by atoms with Crippen molar-refractivity contribution in [2.75, 3.05) is 0 Å². The number of hydrogen-bond acceptors (Lipinski definition) is 0. The first-order valence-electron chi connectivity index (χ1n) is 3.47. The Hall–Kier alpha value is 1.19. The van der Waals surface area contributed by atoms with Gasteiger partial charge in [-0.25, -0.2) is 0 Å². The molecule has 1 aliphatic carbocycles. The molecule has 0 spiro atoms. The van der Waals surface area contributed by atoms with Gasteiger partial charge in [-0.1, -0.05) is 25.7 Å². The smallest absolute Gasteiger partial charge is 0.0548 e. The molecule has 2 nitrogen and oxygen atoms in total. The fourth-order valence-corrected chi connectivity index (χ4v) is 1.13. The van der Waals surface area contributed by atoms with Gasteiger partial charge in [-0.05, 0) is 0 Å². The summed E-state index contributed by atoms with van der Waals surface area (Å²) in [6.07, 6.45) is 4.25. The molecule has 0 unspecified atom stereocenters. The van der Waals surface area contributed by atoms with E-state index in [0.717, 1.165) is 12.8 Å². The van der Waals surface area contributed by atoms with Gasteiger partial charge in [0, 0.05) is 0 Å². The average Bonchev–Trinajstić information content (AvgIpc) is 1.97. The Kier molecular flexibility index (Phi) is 8.66. The number of hydrogen-bond donors (Lipinski definition) is 0. The minimum atomic E-state index is -0.472. The van der Waals surface area contributed by atoms with Crippen molar-refractivity contribution in [3.8, 4) is 0 Å². The topological polar surface area (TPSA) is 47.6 Å². The molecule has 0 aromatic rings. The Labute approximate surface area is 84.4 Å². The van der Waals surface area contributed by atoms with E-state index in [4.69, 9.17) is 30.3 Å². The van der Waals surface area contributed by atoms with Crippen LogP contribution in [-0.4, -0.2) is 12.1 Å². The van der Waals surface area contributed by atoms with E-state index in [-0.39, 0.29) is 12.1 Å². The van der Waals surface area contributed by atoms with Crippen LogP contribution in [0, 0.1) is 0 Å². The van der Waals surface area contributed by atoms with Crippen LogP contribution >= 0.6 is 18.8 Å². The molecule has 1 rings (SSSR count). The van der Waals surface area contributed by atoms with Crippen molar-refractivity contribution in [3.63, 3.8) is 0 Å². The molecule has 0 bridgehead atoms. The third kappa shape index (κ3) is 6.36.